The molecular formula is C46H41F3N6O4. The van der Waals surface area contributed by atoms with Crippen LogP contribution < -0.4 is 15.5 Å². The van der Waals surface area contributed by atoms with E-state index < -0.39 is 29.2 Å². The molecule has 11 rings (SSSR count). The summed E-state index contributed by atoms with van der Waals surface area (Å²) < 4.78 is 65.3. The zero-order valence-corrected chi connectivity index (χ0v) is 32.3. The molecule has 5 aliphatic heterocycles. The Labute approximate surface area is 338 Å². The van der Waals surface area contributed by atoms with Gasteiger partial charge in [-0.1, -0.05) is 60.5 Å². The summed E-state index contributed by atoms with van der Waals surface area (Å²) in [6.07, 6.45) is 10.9. The molecule has 13 heteroatoms. The van der Waals surface area contributed by atoms with Gasteiger partial charge in [-0.25, -0.2) is 22.9 Å². The van der Waals surface area contributed by atoms with Gasteiger partial charge in [0.25, 0.3) is 0 Å². The number of aryl methyl sites for hydroxylation is 1. The van der Waals surface area contributed by atoms with E-state index in [1.165, 1.54) is 6.07 Å². The molecule has 2 bridgehead atoms. The highest BCUT2D eigenvalue weighted by atomic mass is 19.1. The van der Waals surface area contributed by atoms with Gasteiger partial charge >= 0.3 is 11.8 Å². The van der Waals surface area contributed by atoms with E-state index in [1.54, 1.807) is 18.2 Å². The maximum atomic E-state index is 17.6. The van der Waals surface area contributed by atoms with Crippen LogP contribution >= 0.6 is 0 Å². The Morgan fingerprint density at radius 1 is 0.932 bits per heavy atom. The second-order valence-corrected chi connectivity index (χ2v) is 16.8. The summed E-state index contributed by atoms with van der Waals surface area (Å²) in [7, 11) is 0. The Bertz CT molecular complexity index is 2750. The summed E-state index contributed by atoms with van der Waals surface area (Å²) in [5.41, 5.74) is 1.47. The van der Waals surface area contributed by atoms with Crippen LogP contribution in [0, 0.1) is 24.0 Å². The molecule has 0 radical (unpaired) electrons. The lowest BCUT2D eigenvalue weighted by molar-refractivity contribution is 0.106. The highest BCUT2D eigenvalue weighted by Crippen LogP contribution is 2.46. The van der Waals surface area contributed by atoms with Crippen molar-refractivity contribution in [1.29, 1.82) is 0 Å². The minimum absolute atomic E-state index is 0.0142. The average Bonchev–Trinajstić information content (AvgIpc) is 3.97. The maximum Gasteiger partial charge on any atom is 0.519 e. The lowest BCUT2D eigenvalue weighted by Gasteiger charge is -2.48. The van der Waals surface area contributed by atoms with Crippen LogP contribution in [0.1, 0.15) is 62.0 Å². The Balaban J connectivity index is 1.03. The summed E-state index contributed by atoms with van der Waals surface area (Å²) >= 11 is 0. The smallest absolute Gasteiger partial charge is 0.461 e. The fourth-order valence-corrected chi connectivity index (χ4v) is 11.0. The summed E-state index contributed by atoms with van der Waals surface area (Å²) in [5.74, 6) is 1.99. The normalized spacial score (nSPS) is 25.2. The van der Waals surface area contributed by atoms with Gasteiger partial charge in [0.2, 0.25) is 0 Å². The van der Waals surface area contributed by atoms with Crippen LogP contribution in [0.25, 0.3) is 44.3 Å². The van der Waals surface area contributed by atoms with Crippen molar-refractivity contribution in [3.05, 3.63) is 99.9 Å². The molecule has 0 spiro atoms. The molecule has 4 saturated heterocycles. The van der Waals surface area contributed by atoms with Crippen molar-refractivity contribution in [2.45, 2.75) is 87.7 Å². The minimum Gasteiger partial charge on any atom is -0.461 e. The molecule has 5 atom stereocenters. The van der Waals surface area contributed by atoms with Crippen molar-refractivity contribution in [2.24, 2.45) is 0 Å². The van der Waals surface area contributed by atoms with E-state index in [0.29, 0.717) is 77.2 Å². The largest absolute Gasteiger partial charge is 0.519 e. The van der Waals surface area contributed by atoms with Gasteiger partial charge in [-0.05, 0) is 62.9 Å². The number of hydrogen-bond acceptors (Lipinski definition) is 10. The van der Waals surface area contributed by atoms with Gasteiger partial charge in [0.1, 0.15) is 35.6 Å². The van der Waals surface area contributed by atoms with Gasteiger partial charge in [-0.15, -0.1) is 6.42 Å². The van der Waals surface area contributed by atoms with Crippen molar-refractivity contribution in [2.75, 3.05) is 31.1 Å². The van der Waals surface area contributed by atoms with Crippen LogP contribution in [0.5, 0.6) is 6.01 Å². The van der Waals surface area contributed by atoms with E-state index in [2.05, 4.69) is 20.6 Å². The molecule has 5 aliphatic rings. The molecule has 300 valence electrons. The topological polar surface area (TPSA) is 101 Å². The third-order valence-electron chi connectivity index (χ3n) is 13.6. The number of aromatic nitrogens is 3. The first-order valence-corrected chi connectivity index (χ1v) is 20.6. The summed E-state index contributed by atoms with van der Waals surface area (Å²) in [5, 5.41) is 1.60. The number of hydrogen-bond donors (Lipinski definition) is 0. The standard InChI is InChI=1S/C46H41F3N6O4/c1-2-30-32(48)17-15-26-11-6-12-31(37(26)30)40-39(49)41-38-33(50-40)13-7-14-34-35-18-16-29(54(35)24-36-42(59-45(56)58-36)27-9-4-3-5-10-27)23-55(34)43(38)52-44(51-41)57-25-46-19-8-20-53(46)22-28(47)21-46/h1,3-6,9-12,15,17,28-29,34-35H,7-8,13-14,16,18-25H2/t28-,29-,34-,35+,46+/m1/s1. The van der Waals surface area contributed by atoms with Crippen molar-refractivity contribution < 1.29 is 26.7 Å². The second-order valence-electron chi connectivity index (χ2n) is 16.8. The van der Waals surface area contributed by atoms with Crippen molar-refractivity contribution in [3.8, 4) is 40.9 Å². The number of alkyl halides is 1. The summed E-state index contributed by atoms with van der Waals surface area (Å²) in [6.45, 7) is 2.33. The minimum atomic E-state index is -0.941. The number of rotatable bonds is 7. The van der Waals surface area contributed by atoms with Crippen LogP contribution in [0.3, 0.4) is 0 Å². The van der Waals surface area contributed by atoms with Gasteiger partial charge in [0.15, 0.2) is 17.3 Å². The molecule has 59 heavy (non-hydrogen) atoms. The van der Waals surface area contributed by atoms with Gasteiger partial charge in [-0.2, -0.15) is 9.97 Å². The Kier molecular flexibility index (Phi) is 8.60. The first kappa shape index (κ1) is 36.4. The monoisotopic (exact) mass is 798 g/mol. The van der Waals surface area contributed by atoms with E-state index in [-0.39, 0.29) is 47.5 Å². The predicted octanol–water partition coefficient (Wildman–Crippen LogP) is 7.83. The maximum absolute atomic E-state index is 17.6. The molecular weight excluding hydrogens is 758 g/mol. The highest BCUT2D eigenvalue weighted by molar-refractivity contribution is 6.02. The third kappa shape index (κ3) is 5.85. The molecule has 6 aromatic rings. The lowest BCUT2D eigenvalue weighted by atomic mass is 9.92. The fraction of sp³-hybridized carbons (Fsp3) is 0.391. The number of anilines is 1. The third-order valence-corrected chi connectivity index (χ3v) is 13.6. The number of nitrogens with zero attached hydrogens (tertiary/aromatic N) is 6. The van der Waals surface area contributed by atoms with E-state index in [0.717, 1.165) is 50.6 Å². The van der Waals surface area contributed by atoms with Gasteiger partial charge < -0.3 is 18.5 Å². The molecule has 0 unspecified atom stereocenters. The van der Waals surface area contributed by atoms with E-state index in [1.807, 2.05) is 36.4 Å². The number of ether oxygens (including phenoxy) is 1. The number of piperazine rings is 1. The summed E-state index contributed by atoms with van der Waals surface area (Å²) in [4.78, 5) is 34.3. The number of halogens is 3. The van der Waals surface area contributed by atoms with Crippen LogP contribution in [-0.4, -0.2) is 80.8 Å². The van der Waals surface area contributed by atoms with Gasteiger partial charge in [0.05, 0.1) is 28.7 Å². The van der Waals surface area contributed by atoms with Crippen molar-refractivity contribution in [1.82, 2.24) is 24.8 Å². The predicted molar refractivity (Wildman–Crippen MR) is 216 cm³/mol. The highest BCUT2D eigenvalue weighted by Gasteiger charge is 2.50. The zero-order chi connectivity index (χ0) is 40.0. The fourth-order valence-electron chi connectivity index (χ4n) is 11.0. The van der Waals surface area contributed by atoms with Crippen LogP contribution in [-0.2, 0) is 13.0 Å². The SMILES string of the molecule is C#Cc1c(F)ccc2cccc(-c3nc4c5c(nc(OC[C@@]67CCCN6C[C@H](F)C7)nc5c3F)N3C[C@H]5CC[C@@H]([C@H]3CCC4)N5Cc3oc(=O)oc3-c3ccccc3)c12. The molecule has 0 aliphatic carbocycles. The molecule has 8 heterocycles. The Morgan fingerprint density at radius 3 is 2.68 bits per heavy atom. The lowest BCUT2D eigenvalue weighted by Crippen LogP contribution is -2.60. The van der Waals surface area contributed by atoms with E-state index in [9.17, 15) is 9.18 Å². The van der Waals surface area contributed by atoms with Gasteiger partial charge in [-0.3, -0.25) is 9.80 Å². The van der Waals surface area contributed by atoms with E-state index >= 15 is 8.78 Å². The zero-order valence-electron chi connectivity index (χ0n) is 32.3. The Hall–Kier alpha value is -5.71. The van der Waals surface area contributed by atoms with Crippen molar-refractivity contribution >= 4 is 27.5 Å². The average molecular weight is 799 g/mol. The quantitative estimate of drug-likeness (QED) is 0.149. The molecule has 0 N–H and O–H groups in total. The number of benzene rings is 3. The molecule has 10 nitrogen and oxygen atoms in total. The molecule has 0 saturated carbocycles. The number of pyridine rings is 1. The molecule has 3 aromatic carbocycles. The second kappa shape index (κ2) is 14.0. The first-order chi connectivity index (χ1) is 28.8. The van der Waals surface area contributed by atoms with Crippen LogP contribution in [0.15, 0.2) is 74.3 Å². The molecule has 0 amide bonds. The van der Waals surface area contributed by atoms with Crippen LogP contribution in [0.4, 0.5) is 19.0 Å². The first-order valence-electron chi connectivity index (χ1n) is 20.6. The Morgan fingerprint density at radius 2 is 1.81 bits per heavy atom. The van der Waals surface area contributed by atoms with Gasteiger partial charge in [0, 0.05) is 54.1 Å². The van der Waals surface area contributed by atoms with Crippen LogP contribution in [0.2, 0.25) is 0 Å². The molecule has 3 aromatic heterocycles. The molecule has 4 fully saturated rings. The summed E-state index contributed by atoms with van der Waals surface area (Å²) in [6, 6.07) is 17.9. The number of fused-ring (bicyclic) bond motifs is 7. The van der Waals surface area contributed by atoms with Crippen molar-refractivity contribution in [3.63, 3.8) is 0 Å². The number of terminal acetylenes is 1. The van der Waals surface area contributed by atoms with E-state index in [4.69, 9.17) is 34.9 Å².